The highest BCUT2D eigenvalue weighted by Gasteiger charge is 2.26. The van der Waals surface area contributed by atoms with Gasteiger partial charge in [-0.2, -0.15) is 10.1 Å². The summed E-state index contributed by atoms with van der Waals surface area (Å²) in [6.07, 6.45) is 9.07. The number of hydrogen-bond donors (Lipinski definition) is 1. The maximum absolute atomic E-state index is 10.5. The molecule has 1 aliphatic carbocycles. The van der Waals surface area contributed by atoms with Gasteiger partial charge in [-0.1, -0.05) is 37.3 Å². The van der Waals surface area contributed by atoms with E-state index in [2.05, 4.69) is 20.3 Å². The summed E-state index contributed by atoms with van der Waals surface area (Å²) in [7, 11) is 0. The van der Waals surface area contributed by atoms with Gasteiger partial charge in [0.15, 0.2) is 0 Å². The van der Waals surface area contributed by atoms with Crippen LogP contribution in [0.1, 0.15) is 56.9 Å². The molecule has 2 aromatic rings. The highest BCUT2D eigenvalue weighted by molar-refractivity contribution is 5.46. The fraction of sp³-hybridized carbons (Fsp3) is 0.600. The molecule has 3 rings (SSSR count). The monoisotopic (exact) mass is 288 g/mol. The van der Waals surface area contributed by atoms with E-state index in [-0.39, 0.29) is 5.92 Å². The molecule has 0 bridgehead atoms. The summed E-state index contributed by atoms with van der Waals surface area (Å²) < 4.78 is 5.23. The van der Waals surface area contributed by atoms with Crippen molar-refractivity contribution in [1.82, 2.24) is 20.3 Å². The fourth-order valence-corrected chi connectivity index (χ4v) is 2.89. The lowest BCUT2D eigenvalue weighted by molar-refractivity contribution is 0.0605. The molecule has 1 unspecified atom stereocenters. The van der Waals surface area contributed by atoms with Crippen molar-refractivity contribution < 1.29 is 9.63 Å². The summed E-state index contributed by atoms with van der Waals surface area (Å²) in [6.45, 7) is 0. The third-order valence-corrected chi connectivity index (χ3v) is 4.09. The van der Waals surface area contributed by atoms with Crippen LogP contribution < -0.4 is 0 Å². The number of nitrogens with zero attached hydrogens (tertiary/aromatic N) is 4. The molecule has 0 amide bonds. The van der Waals surface area contributed by atoms with Gasteiger partial charge in [0.2, 0.25) is 5.82 Å². The zero-order valence-electron chi connectivity index (χ0n) is 12.0. The normalized spacial score (nSPS) is 18.9. The van der Waals surface area contributed by atoms with Crippen LogP contribution in [0.25, 0.3) is 11.5 Å². The summed E-state index contributed by atoms with van der Waals surface area (Å²) in [5, 5.41) is 22.1. The zero-order chi connectivity index (χ0) is 14.5. The Morgan fingerprint density at radius 1 is 1.14 bits per heavy atom. The van der Waals surface area contributed by atoms with Gasteiger partial charge < -0.3 is 9.63 Å². The number of aromatic nitrogens is 4. The van der Waals surface area contributed by atoms with Gasteiger partial charge in [0, 0.05) is 6.20 Å². The first-order chi connectivity index (χ1) is 10.3. The van der Waals surface area contributed by atoms with Crippen molar-refractivity contribution in [1.29, 1.82) is 0 Å². The molecule has 1 atom stereocenters. The minimum absolute atomic E-state index is 0.209. The van der Waals surface area contributed by atoms with Crippen LogP contribution in [0.5, 0.6) is 0 Å². The first-order valence-corrected chi connectivity index (χ1v) is 7.64. The van der Waals surface area contributed by atoms with E-state index in [4.69, 9.17) is 4.52 Å². The number of hydrogen-bond acceptors (Lipinski definition) is 6. The maximum atomic E-state index is 10.5. The second-order valence-corrected chi connectivity index (χ2v) is 5.62. The summed E-state index contributed by atoms with van der Waals surface area (Å²) in [6, 6.07) is 3.54. The molecule has 0 saturated heterocycles. The molecule has 2 heterocycles. The van der Waals surface area contributed by atoms with E-state index in [0.717, 1.165) is 25.7 Å². The Morgan fingerprint density at radius 3 is 2.62 bits per heavy atom. The molecule has 6 nitrogen and oxygen atoms in total. The predicted molar refractivity (Wildman–Crippen MR) is 76.1 cm³/mol. The van der Waals surface area contributed by atoms with Crippen molar-refractivity contribution in [3.05, 3.63) is 24.2 Å². The molecule has 2 aromatic heterocycles. The van der Waals surface area contributed by atoms with Crippen LogP contribution in [0.3, 0.4) is 0 Å². The highest BCUT2D eigenvalue weighted by atomic mass is 16.5. The topological polar surface area (TPSA) is 84.9 Å². The zero-order valence-corrected chi connectivity index (χ0v) is 12.0. The van der Waals surface area contributed by atoms with Crippen molar-refractivity contribution in [2.45, 2.75) is 51.0 Å². The minimum Gasteiger partial charge on any atom is -0.383 e. The Labute approximate surface area is 123 Å². The van der Waals surface area contributed by atoms with Gasteiger partial charge in [0.1, 0.15) is 11.8 Å². The van der Waals surface area contributed by atoms with Crippen molar-refractivity contribution in [2.75, 3.05) is 0 Å². The van der Waals surface area contributed by atoms with Crippen molar-refractivity contribution in [2.24, 2.45) is 5.92 Å². The van der Waals surface area contributed by atoms with Gasteiger partial charge in [-0.3, -0.25) is 0 Å². The third-order valence-electron chi connectivity index (χ3n) is 4.09. The van der Waals surface area contributed by atoms with Gasteiger partial charge in [-0.05, 0) is 30.9 Å². The van der Waals surface area contributed by atoms with Crippen LogP contribution in [-0.4, -0.2) is 25.4 Å². The lowest BCUT2D eigenvalue weighted by Gasteiger charge is -2.22. The standard InChI is InChI=1S/C15H20N4O2/c20-13(11-7-4-2-1-3-5-8-11)15-17-14(19-21-15)12-9-6-10-16-18-12/h6,9-11,13,20H,1-5,7-8H2. The van der Waals surface area contributed by atoms with E-state index >= 15 is 0 Å². The van der Waals surface area contributed by atoms with Crippen LogP contribution in [0.15, 0.2) is 22.9 Å². The van der Waals surface area contributed by atoms with Crippen molar-refractivity contribution >= 4 is 0 Å². The Hall–Kier alpha value is -1.82. The molecule has 1 saturated carbocycles. The summed E-state index contributed by atoms with van der Waals surface area (Å²) in [4.78, 5) is 4.28. The van der Waals surface area contributed by atoms with E-state index in [1.165, 1.54) is 19.3 Å². The Balaban J connectivity index is 1.72. The van der Waals surface area contributed by atoms with E-state index < -0.39 is 6.10 Å². The smallest absolute Gasteiger partial charge is 0.256 e. The third kappa shape index (κ3) is 3.44. The summed E-state index contributed by atoms with van der Waals surface area (Å²) >= 11 is 0. The molecular weight excluding hydrogens is 268 g/mol. The summed E-state index contributed by atoms with van der Waals surface area (Å²) in [5.74, 6) is 0.879. The fourth-order valence-electron chi connectivity index (χ4n) is 2.89. The Bertz CT molecular complexity index is 550. The number of rotatable bonds is 3. The number of aliphatic hydroxyl groups excluding tert-OH is 1. The molecule has 6 heteroatoms. The molecule has 1 fully saturated rings. The van der Waals surface area contributed by atoms with Gasteiger partial charge in [-0.15, -0.1) is 5.10 Å². The van der Waals surface area contributed by atoms with Gasteiger partial charge in [-0.25, -0.2) is 0 Å². The SMILES string of the molecule is OC(c1nc(-c2cccnn2)no1)C1CCCCCCC1. The molecule has 1 aliphatic rings. The molecule has 0 aromatic carbocycles. The van der Waals surface area contributed by atoms with Crippen LogP contribution in [0.4, 0.5) is 0 Å². The van der Waals surface area contributed by atoms with E-state index in [0.29, 0.717) is 17.4 Å². The van der Waals surface area contributed by atoms with E-state index in [1.807, 2.05) is 0 Å². The molecule has 21 heavy (non-hydrogen) atoms. The lowest BCUT2D eigenvalue weighted by Crippen LogP contribution is -2.14. The largest absolute Gasteiger partial charge is 0.383 e. The van der Waals surface area contributed by atoms with Crippen LogP contribution in [0.2, 0.25) is 0 Å². The quantitative estimate of drug-likeness (QED) is 0.934. The van der Waals surface area contributed by atoms with E-state index in [9.17, 15) is 5.11 Å². The second-order valence-electron chi connectivity index (χ2n) is 5.62. The first kappa shape index (κ1) is 14.1. The van der Waals surface area contributed by atoms with Crippen molar-refractivity contribution in [3.8, 4) is 11.5 Å². The summed E-state index contributed by atoms with van der Waals surface area (Å²) in [5.41, 5.74) is 0.553. The van der Waals surface area contributed by atoms with Crippen LogP contribution >= 0.6 is 0 Å². The molecule has 112 valence electrons. The minimum atomic E-state index is -0.680. The Morgan fingerprint density at radius 2 is 1.90 bits per heavy atom. The molecule has 0 spiro atoms. The average molecular weight is 288 g/mol. The Kier molecular flexibility index (Phi) is 4.55. The van der Waals surface area contributed by atoms with Gasteiger partial charge in [0.25, 0.3) is 5.89 Å². The second kappa shape index (κ2) is 6.76. The first-order valence-electron chi connectivity index (χ1n) is 7.64. The van der Waals surface area contributed by atoms with E-state index in [1.54, 1.807) is 18.3 Å². The predicted octanol–water partition coefficient (Wildman–Crippen LogP) is 2.92. The molecular formula is C15H20N4O2. The van der Waals surface area contributed by atoms with Gasteiger partial charge >= 0.3 is 0 Å². The van der Waals surface area contributed by atoms with Crippen LogP contribution in [0, 0.1) is 5.92 Å². The van der Waals surface area contributed by atoms with Gasteiger partial charge in [0.05, 0.1) is 0 Å². The maximum Gasteiger partial charge on any atom is 0.256 e. The number of aliphatic hydroxyl groups is 1. The average Bonchev–Trinajstić information content (AvgIpc) is 2.97. The lowest BCUT2D eigenvalue weighted by atomic mass is 9.87. The van der Waals surface area contributed by atoms with Crippen LogP contribution in [-0.2, 0) is 0 Å². The molecule has 0 aliphatic heterocycles. The molecule has 0 radical (unpaired) electrons. The molecule has 1 N–H and O–H groups in total. The highest BCUT2D eigenvalue weighted by Crippen LogP contribution is 2.32. The van der Waals surface area contributed by atoms with Crippen molar-refractivity contribution in [3.63, 3.8) is 0 Å².